The van der Waals surface area contributed by atoms with Gasteiger partial charge in [0.15, 0.2) is 0 Å². The molecule has 62 valence electrons. The van der Waals surface area contributed by atoms with Crippen LogP contribution in [-0.4, -0.2) is 5.88 Å². The first-order valence-corrected chi connectivity index (χ1v) is 4.39. The molecule has 1 aromatic carbocycles. The van der Waals surface area contributed by atoms with Crippen LogP contribution in [0.2, 0.25) is 0 Å². The Hall–Kier alpha value is -0.930. The summed E-state index contributed by atoms with van der Waals surface area (Å²) >= 11 is 5.46. The number of alkyl halides is 1. The summed E-state index contributed by atoms with van der Waals surface area (Å²) in [5, 5.41) is 0. The minimum Gasteiger partial charge on any atom is -0.113 e. The Kier molecular flexibility index (Phi) is 3.19. The van der Waals surface area contributed by atoms with Crippen LogP contribution in [0.5, 0.6) is 0 Å². The Bertz CT molecular complexity index is 308. The second-order valence-electron chi connectivity index (χ2n) is 2.81. The Morgan fingerprint density at radius 1 is 1.17 bits per heavy atom. The lowest BCUT2D eigenvalue weighted by Gasteiger charge is -1.96. The van der Waals surface area contributed by atoms with Crippen molar-refractivity contribution in [1.29, 1.82) is 0 Å². The normalized spacial score (nSPS) is 8.92. The van der Waals surface area contributed by atoms with E-state index in [9.17, 15) is 0 Å². The molecule has 0 aromatic heterocycles. The quantitative estimate of drug-likeness (QED) is 0.423. The molecule has 0 aliphatic carbocycles. The van der Waals surface area contributed by atoms with E-state index in [-0.39, 0.29) is 0 Å². The third-order valence-corrected chi connectivity index (χ3v) is 1.65. The first-order chi connectivity index (χ1) is 5.72. The molecule has 0 aliphatic heterocycles. The van der Waals surface area contributed by atoms with E-state index in [1.165, 1.54) is 11.1 Å². The largest absolute Gasteiger partial charge is 0.113 e. The van der Waals surface area contributed by atoms with Crippen molar-refractivity contribution in [2.24, 2.45) is 0 Å². The third-order valence-electron chi connectivity index (χ3n) is 1.52. The summed E-state index contributed by atoms with van der Waals surface area (Å²) in [5.41, 5.74) is 3.54. The summed E-state index contributed by atoms with van der Waals surface area (Å²) in [7, 11) is 0. The van der Waals surface area contributed by atoms with Crippen molar-refractivity contribution < 1.29 is 0 Å². The van der Waals surface area contributed by atoms with Crippen molar-refractivity contribution >= 4 is 11.6 Å². The fraction of sp³-hybridized carbons (Fsp3) is 0.273. The molecular weight excluding hydrogens is 168 g/mol. The maximum atomic E-state index is 5.46. The van der Waals surface area contributed by atoms with Crippen LogP contribution in [0.4, 0.5) is 0 Å². The van der Waals surface area contributed by atoms with Crippen molar-refractivity contribution in [2.45, 2.75) is 13.8 Å². The summed E-state index contributed by atoms with van der Waals surface area (Å²) < 4.78 is 0. The van der Waals surface area contributed by atoms with Crippen molar-refractivity contribution in [2.75, 3.05) is 5.88 Å². The average molecular weight is 179 g/mol. The molecule has 0 nitrogen and oxygen atoms in total. The predicted octanol–water partition coefficient (Wildman–Crippen LogP) is 2.89. The summed E-state index contributed by atoms with van der Waals surface area (Å²) in [4.78, 5) is 0. The van der Waals surface area contributed by atoms with E-state index in [2.05, 4.69) is 43.9 Å². The summed E-state index contributed by atoms with van der Waals surface area (Å²) in [6.45, 7) is 4.14. The molecule has 0 aliphatic rings. The molecule has 1 heteroatoms. The van der Waals surface area contributed by atoms with E-state index in [0.29, 0.717) is 5.88 Å². The van der Waals surface area contributed by atoms with E-state index < -0.39 is 0 Å². The third kappa shape index (κ3) is 2.60. The van der Waals surface area contributed by atoms with Crippen LogP contribution < -0.4 is 0 Å². The van der Waals surface area contributed by atoms with Gasteiger partial charge in [-0.3, -0.25) is 0 Å². The Morgan fingerprint density at radius 2 is 1.75 bits per heavy atom. The molecule has 0 radical (unpaired) electrons. The van der Waals surface area contributed by atoms with Crippen LogP contribution >= 0.6 is 11.6 Å². The Labute approximate surface area is 78.6 Å². The summed E-state index contributed by atoms with van der Waals surface area (Å²) in [6.07, 6.45) is 0. The van der Waals surface area contributed by atoms with Gasteiger partial charge in [-0.2, -0.15) is 0 Å². The highest BCUT2D eigenvalue weighted by Gasteiger charge is 1.90. The number of hydrogen-bond acceptors (Lipinski definition) is 0. The van der Waals surface area contributed by atoms with E-state index >= 15 is 0 Å². The zero-order valence-electron chi connectivity index (χ0n) is 7.32. The van der Waals surface area contributed by atoms with Crippen LogP contribution in [0.15, 0.2) is 18.2 Å². The molecule has 0 atom stereocenters. The van der Waals surface area contributed by atoms with Gasteiger partial charge >= 0.3 is 0 Å². The van der Waals surface area contributed by atoms with Gasteiger partial charge < -0.3 is 0 Å². The first-order valence-electron chi connectivity index (χ1n) is 3.85. The van der Waals surface area contributed by atoms with Gasteiger partial charge in [0.2, 0.25) is 0 Å². The minimum absolute atomic E-state index is 0.396. The van der Waals surface area contributed by atoms with Gasteiger partial charge in [0, 0.05) is 5.56 Å². The molecule has 0 spiro atoms. The Morgan fingerprint density at radius 3 is 2.25 bits per heavy atom. The molecule has 0 fully saturated rings. The van der Waals surface area contributed by atoms with E-state index in [1.807, 2.05) is 0 Å². The standard InChI is InChI=1S/C11H11Cl/c1-9-6-10(2)8-11(7-9)4-3-5-12/h6-8H,5H2,1-2H3. The van der Waals surface area contributed by atoms with E-state index in [4.69, 9.17) is 11.6 Å². The zero-order chi connectivity index (χ0) is 8.97. The van der Waals surface area contributed by atoms with Gasteiger partial charge in [-0.15, -0.1) is 11.6 Å². The zero-order valence-corrected chi connectivity index (χ0v) is 8.07. The molecule has 0 amide bonds. The Balaban J connectivity index is 3.01. The molecule has 1 aromatic rings. The van der Waals surface area contributed by atoms with Crippen LogP contribution in [0.25, 0.3) is 0 Å². The van der Waals surface area contributed by atoms with Crippen molar-refractivity contribution in [3.63, 3.8) is 0 Å². The van der Waals surface area contributed by atoms with Gasteiger partial charge in [-0.05, 0) is 37.1 Å². The maximum absolute atomic E-state index is 5.46. The predicted molar refractivity (Wildman–Crippen MR) is 53.5 cm³/mol. The fourth-order valence-electron chi connectivity index (χ4n) is 1.18. The number of rotatable bonds is 0. The highest BCUT2D eigenvalue weighted by Crippen LogP contribution is 2.07. The van der Waals surface area contributed by atoms with E-state index in [1.54, 1.807) is 0 Å². The lowest BCUT2D eigenvalue weighted by Crippen LogP contribution is -1.81. The maximum Gasteiger partial charge on any atom is 0.0839 e. The second-order valence-corrected chi connectivity index (χ2v) is 3.08. The van der Waals surface area contributed by atoms with Gasteiger partial charge in [0.05, 0.1) is 5.88 Å². The van der Waals surface area contributed by atoms with Crippen LogP contribution in [0, 0.1) is 25.7 Å². The monoisotopic (exact) mass is 178 g/mol. The summed E-state index contributed by atoms with van der Waals surface area (Å²) in [5.74, 6) is 6.22. The highest BCUT2D eigenvalue weighted by molar-refractivity contribution is 6.19. The van der Waals surface area contributed by atoms with Crippen LogP contribution in [0.3, 0.4) is 0 Å². The van der Waals surface area contributed by atoms with Crippen molar-refractivity contribution in [3.05, 3.63) is 34.9 Å². The van der Waals surface area contributed by atoms with Gasteiger partial charge in [-0.25, -0.2) is 0 Å². The summed E-state index contributed by atoms with van der Waals surface area (Å²) in [6, 6.07) is 6.25. The first kappa shape index (κ1) is 9.16. The van der Waals surface area contributed by atoms with Crippen molar-refractivity contribution in [1.82, 2.24) is 0 Å². The van der Waals surface area contributed by atoms with Crippen LogP contribution in [-0.2, 0) is 0 Å². The van der Waals surface area contributed by atoms with E-state index in [0.717, 1.165) is 5.56 Å². The molecule has 0 saturated heterocycles. The number of hydrogen-bond donors (Lipinski definition) is 0. The molecule has 12 heavy (non-hydrogen) atoms. The average Bonchev–Trinajstić information content (AvgIpc) is 1.99. The smallest absolute Gasteiger partial charge is 0.0839 e. The highest BCUT2D eigenvalue weighted by atomic mass is 35.5. The molecule has 0 bridgehead atoms. The second kappa shape index (κ2) is 4.18. The molecule has 0 heterocycles. The van der Waals surface area contributed by atoms with Crippen LogP contribution in [0.1, 0.15) is 16.7 Å². The van der Waals surface area contributed by atoms with Gasteiger partial charge in [-0.1, -0.05) is 17.9 Å². The molecule has 0 unspecified atom stereocenters. The number of benzene rings is 1. The lowest BCUT2D eigenvalue weighted by molar-refractivity contribution is 1.37. The molecular formula is C11H11Cl. The topological polar surface area (TPSA) is 0 Å². The fourth-order valence-corrected chi connectivity index (χ4v) is 1.25. The van der Waals surface area contributed by atoms with Crippen molar-refractivity contribution in [3.8, 4) is 11.8 Å². The SMILES string of the molecule is Cc1cc(C)cc(C#CCCl)c1. The molecule has 0 N–H and O–H groups in total. The number of aryl methyl sites for hydroxylation is 2. The minimum atomic E-state index is 0.396. The van der Waals surface area contributed by atoms with Gasteiger partial charge in [0.1, 0.15) is 0 Å². The molecule has 0 saturated carbocycles. The lowest BCUT2D eigenvalue weighted by atomic mass is 10.1. The van der Waals surface area contributed by atoms with Gasteiger partial charge in [0.25, 0.3) is 0 Å². The number of halogens is 1. The molecule has 1 rings (SSSR count).